The molecular weight excluding hydrogens is 240 g/mol. The number of rotatable bonds is 6. The zero-order chi connectivity index (χ0) is 12.5. The highest BCUT2D eigenvalue weighted by Crippen LogP contribution is 2.23. The van der Waals surface area contributed by atoms with E-state index in [1.54, 1.807) is 6.07 Å². The summed E-state index contributed by atoms with van der Waals surface area (Å²) >= 11 is 0. The van der Waals surface area contributed by atoms with Gasteiger partial charge < -0.3 is 9.73 Å². The van der Waals surface area contributed by atoms with Gasteiger partial charge in [0.25, 0.3) is 10.0 Å². The molecule has 1 heterocycles. The Hall–Kier alpha value is -0.850. The predicted octanol–water partition coefficient (Wildman–Crippen LogP) is 1.22. The molecule has 0 spiro atoms. The molecule has 2 rings (SSSR count). The third-order valence-corrected chi connectivity index (χ3v) is 3.88. The molecule has 1 aliphatic rings. The van der Waals surface area contributed by atoms with Crippen LogP contribution in [0.4, 0.5) is 0 Å². The summed E-state index contributed by atoms with van der Waals surface area (Å²) in [6.45, 7) is 4.58. The van der Waals surface area contributed by atoms with E-state index in [1.807, 2.05) is 13.8 Å². The molecule has 0 atom stereocenters. The minimum Gasteiger partial charge on any atom is -0.447 e. The van der Waals surface area contributed by atoms with Crippen LogP contribution in [-0.4, -0.2) is 20.5 Å². The van der Waals surface area contributed by atoms with Gasteiger partial charge >= 0.3 is 0 Å². The Kier molecular flexibility index (Phi) is 3.56. The monoisotopic (exact) mass is 258 g/mol. The largest absolute Gasteiger partial charge is 0.447 e. The Balaban J connectivity index is 2.01. The summed E-state index contributed by atoms with van der Waals surface area (Å²) in [7, 11) is -3.46. The van der Waals surface area contributed by atoms with Crippen molar-refractivity contribution in [2.24, 2.45) is 0 Å². The molecule has 96 valence electrons. The van der Waals surface area contributed by atoms with Crippen LogP contribution in [0.25, 0.3) is 0 Å². The van der Waals surface area contributed by atoms with E-state index in [0.29, 0.717) is 18.3 Å². The fraction of sp³-hybridized carbons (Fsp3) is 0.636. The SMILES string of the molecule is CC(C)NCc1ccc(S(=O)(=O)NC2CC2)o1. The summed E-state index contributed by atoms with van der Waals surface area (Å²) in [6, 6.07) is 3.63. The highest BCUT2D eigenvalue weighted by Gasteiger charge is 2.29. The smallest absolute Gasteiger partial charge is 0.274 e. The van der Waals surface area contributed by atoms with Crippen molar-refractivity contribution >= 4 is 10.0 Å². The quantitative estimate of drug-likeness (QED) is 0.804. The van der Waals surface area contributed by atoms with Gasteiger partial charge in [0.1, 0.15) is 5.76 Å². The van der Waals surface area contributed by atoms with Crippen molar-refractivity contribution in [2.75, 3.05) is 0 Å². The molecule has 5 nitrogen and oxygen atoms in total. The molecule has 0 saturated heterocycles. The highest BCUT2D eigenvalue weighted by atomic mass is 32.2. The van der Waals surface area contributed by atoms with Crippen molar-refractivity contribution in [3.05, 3.63) is 17.9 Å². The minimum atomic E-state index is -3.46. The van der Waals surface area contributed by atoms with E-state index in [0.717, 1.165) is 12.8 Å². The maximum Gasteiger partial charge on any atom is 0.274 e. The van der Waals surface area contributed by atoms with Gasteiger partial charge in [-0.25, -0.2) is 13.1 Å². The molecule has 0 aliphatic heterocycles. The van der Waals surface area contributed by atoms with E-state index in [-0.39, 0.29) is 11.1 Å². The fourth-order valence-electron chi connectivity index (χ4n) is 1.38. The first-order chi connectivity index (χ1) is 7.97. The van der Waals surface area contributed by atoms with Gasteiger partial charge in [-0.1, -0.05) is 13.8 Å². The second-order valence-electron chi connectivity index (χ2n) is 4.65. The summed E-state index contributed by atoms with van der Waals surface area (Å²) in [6.07, 6.45) is 1.84. The van der Waals surface area contributed by atoms with E-state index in [1.165, 1.54) is 6.07 Å². The van der Waals surface area contributed by atoms with Gasteiger partial charge in [-0.15, -0.1) is 0 Å². The van der Waals surface area contributed by atoms with Crippen LogP contribution < -0.4 is 10.0 Å². The third-order valence-electron chi connectivity index (χ3n) is 2.49. The molecule has 0 bridgehead atoms. The molecule has 1 aliphatic carbocycles. The molecule has 2 N–H and O–H groups in total. The first-order valence-electron chi connectivity index (χ1n) is 5.82. The predicted molar refractivity (Wildman–Crippen MR) is 64.0 cm³/mol. The standard InChI is InChI=1S/C11H18N2O3S/c1-8(2)12-7-10-5-6-11(16-10)17(14,15)13-9-3-4-9/h5-6,8-9,12-13H,3-4,7H2,1-2H3. The van der Waals surface area contributed by atoms with Crippen molar-refractivity contribution < 1.29 is 12.8 Å². The van der Waals surface area contributed by atoms with Crippen LogP contribution in [0.1, 0.15) is 32.4 Å². The Morgan fingerprint density at radius 3 is 2.71 bits per heavy atom. The lowest BCUT2D eigenvalue weighted by molar-refractivity contribution is 0.393. The molecule has 1 aromatic rings. The summed E-state index contributed by atoms with van der Waals surface area (Å²) in [5.41, 5.74) is 0. The number of furan rings is 1. The first-order valence-corrected chi connectivity index (χ1v) is 7.30. The molecule has 17 heavy (non-hydrogen) atoms. The van der Waals surface area contributed by atoms with E-state index < -0.39 is 10.0 Å². The summed E-state index contributed by atoms with van der Waals surface area (Å²) in [5, 5.41) is 3.18. The fourth-order valence-corrected chi connectivity index (χ4v) is 2.64. The highest BCUT2D eigenvalue weighted by molar-refractivity contribution is 7.89. The Labute approximate surface area is 102 Å². The maximum atomic E-state index is 11.8. The summed E-state index contributed by atoms with van der Waals surface area (Å²) in [5.74, 6) is 0.634. The van der Waals surface area contributed by atoms with Gasteiger partial charge in [0.2, 0.25) is 5.09 Å². The number of nitrogens with one attached hydrogen (secondary N) is 2. The van der Waals surface area contributed by atoms with Crippen LogP contribution in [0.3, 0.4) is 0 Å². The Bertz CT molecular complexity index is 475. The van der Waals surface area contributed by atoms with Crippen LogP contribution >= 0.6 is 0 Å². The lowest BCUT2D eigenvalue weighted by atomic mass is 10.3. The molecule has 0 aromatic carbocycles. The van der Waals surface area contributed by atoms with E-state index in [9.17, 15) is 8.42 Å². The van der Waals surface area contributed by atoms with Crippen molar-refractivity contribution in [1.82, 2.24) is 10.0 Å². The van der Waals surface area contributed by atoms with Crippen molar-refractivity contribution in [2.45, 2.75) is 50.4 Å². The molecule has 1 aromatic heterocycles. The normalized spacial score (nSPS) is 16.6. The van der Waals surface area contributed by atoms with E-state index >= 15 is 0 Å². The van der Waals surface area contributed by atoms with Gasteiger partial charge in [-0.05, 0) is 25.0 Å². The van der Waals surface area contributed by atoms with Crippen molar-refractivity contribution in [3.8, 4) is 0 Å². The van der Waals surface area contributed by atoms with Crippen LogP contribution in [0.2, 0.25) is 0 Å². The molecule has 6 heteroatoms. The van der Waals surface area contributed by atoms with Gasteiger partial charge in [-0.3, -0.25) is 0 Å². The zero-order valence-corrected chi connectivity index (χ0v) is 10.9. The van der Waals surface area contributed by atoms with Crippen LogP contribution in [0.15, 0.2) is 21.6 Å². The van der Waals surface area contributed by atoms with Crippen molar-refractivity contribution in [1.29, 1.82) is 0 Å². The summed E-state index contributed by atoms with van der Waals surface area (Å²) in [4.78, 5) is 0. The number of hydrogen-bond acceptors (Lipinski definition) is 4. The van der Waals surface area contributed by atoms with Crippen LogP contribution in [0.5, 0.6) is 0 Å². The second kappa shape index (κ2) is 4.80. The topological polar surface area (TPSA) is 71.3 Å². The van der Waals surface area contributed by atoms with E-state index in [2.05, 4.69) is 10.0 Å². The lowest BCUT2D eigenvalue weighted by Crippen LogP contribution is -2.25. The molecule has 1 saturated carbocycles. The summed E-state index contributed by atoms with van der Waals surface area (Å²) < 4.78 is 31.5. The van der Waals surface area contributed by atoms with Gasteiger partial charge in [0, 0.05) is 12.1 Å². The second-order valence-corrected chi connectivity index (χ2v) is 6.30. The van der Waals surface area contributed by atoms with Gasteiger partial charge in [0.15, 0.2) is 0 Å². The molecule has 0 radical (unpaired) electrons. The van der Waals surface area contributed by atoms with Crippen molar-refractivity contribution in [3.63, 3.8) is 0 Å². The minimum absolute atomic E-state index is 0.00459. The third kappa shape index (κ3) is 3.55. The first kappa shape index (κ1) is 12.6. The van der Waals surface area contributed by atoms with Gasteiger partial charge in [0.05, 0.1) is 6.54 Å². The molecule has 0 amide bonds. The average molecular weight is 258 g/mol. The molecule has 0 unspecified atom stereocenters. The Morgan fingerprint density at radius 2 is 2.12 bits per heavy atom. The average Bonchev–Trinajstić information content (AvgIpc) is 2.90. The number of sulfonamides is 1. The lowest BCUT2D eigenvalue weighted by Gasteiger charge is -2.05. The number of hydrogen-bond donors (Lipinski definition) is 2. The van der Waals surface area contributed by atoms with E-state index in [4.69, 9.17) is 4.42 Å². The molecule has 1 fully saturated rings. The zero-order valence-electron chi connectivity index (χ0n) is 10.1. The van der Waals surface area contributed by atoms with Gasteiger partial charge in [-0.2, -0.15) is 0 Å². The van der Waals surface area contributed by atoms with Crippen LogP contribution in [0, 0.1) is 0 Å². The maximum absolute atomic E-state index is 11.8. The molecular formula is C11H18N2O3S. The van der Waals surface area contributed by atoms with Crippen LogP contribution in [-0.2, 0) is 16.6 Å². The Morgan fingerprint density at radius 1 is 1.41 bits per heavy atom.